The molecular weight excluding hydrogens is 196 g/mol. The van der Waals surface area contributed by atoms with Gasteiger partial charge in [-0.1, -0.05) is 25.2 Å². The largest absolute Gasteiger partial charge is 0.326 e. The van der Waals surface area contributed by atoms with Gasteiger partial charge in [-0.15, -0.1) is 10.2 Å². The quantitative estimate of drug-likeness (QED) is 0.820. The van der Waals surface area contributed by atoms with Crippen LogP contribution in [0.15, 0.2) is 0 Å². The first-order chi connectivity index (χ1) is 6.65. The van der Waals surface area contributed by atoms with E-state index < -0.39 is 0 Å². The molecule has 0 unspecified atom stereocenters. The number of aromatic nitrogens is 3. The van der Waals surface area contributed by atoms with E-state index in [9.17, 15) is 0 Å². The predicted molar refractivity (Wildman–Crippen MR) is 57.6 cm³/mol. The van der Waals surface area contributed by atoms with Gasteiger partial charge in [0.1, 0.15) is 5.82 Å². The molecule has 0 atom stereocenters. The molecule has 2 rings (SSSR count). The SMILES string of the molecule is Cc1c(CN)sc2nnc(C(C)C)n12. The zero-order chi connectivity index (χ0) is 10.3. The Labute approximate surface area is 86.8 Å². The molecule has 0 saturated carbocycles. The third-order valence-corrected chi connectivity index (χ3v) is 3.47. The lowest BCUT2D eigenvalue weighted by molar-refractivity contribution is 0.751. The molecule has 14 heavy (non-hydrogen) atoms. The number of aryl methyl sites for hydroxylation is 1. The van der Waals surface area contributed by atoms with Gasteiger partial charge in [0, 0.05) is 23.0 Å². The van der Waals surface area contributed by atoms with Crippen molar-refractivity contribution < 1.29 is 0 Å². The Morgan fingerprint density at radius 2 is 2.14 bits per heavy atom. The van der Waals surface area contributed by atoms with E-state index in [-0.39, 0.29) is 0 Å². The van der Waals surface area contributed by atoms with Gasteiger partial charge in [-0.05, 0) is 6.92 Å². The summed E-state index contributed by atoms with van der Waals surface area (Å²) in [4.78, 5) is 2.14. The third-order valence-electron chi connectivity index (χ3n) is 2.31. The van der Waals surface area contributed by atoms with E-state index in [2.05, 4.69) is 35.4 Å². The lowest BCUT2D eigenvalue weighted by Gasteiger charge is -2.02. The van der Waals surface area contributed by atoms with Crippen LogP contribution in [0.25, 0.3) is 4.96 Å². The maximum Gasteiger partial charge on any atom is 0.216 e. The standard InChI is InChI=1S/C9H14N4S/c1-5(2)8-11-12-9-13(8)6(3)7(4-10)14-9/h5H,4,10H2,1-3H3. The molecule has 2 N–H and O–H groups in total. The summed E-state index contributed by atoms with van der Waals surface area (Å²) in [6.07, 6.45) is 0. The van der Waals surface area contributed by atoms with E-state index in [4.69, 9.17) is 5.73 Å². The highest BCUT2D eigenvalue weighted by molar-refractivity contribution is 7.17. The van der Waals surface area contributed by atoms with Gasteiger partial charge in [-0.3, -0.25) is 4.40 Å². The van der Waals surface area contributed by atoms with E-state index in [1.807, 2.05) is 0 Å². The zero-order valence-electron chi connectivity index (χ0n) is 8.61. The molecule has 0 aliphatic rings. The maximum atomic E-state index is 5.65. The smallest absolute Gasteiger partial charge is 0.216 e. The summed E-state index contributed by atoms with van der Waals surface area (Å²) in [6, 6.07) is 0. The highest BCUT2D eigenvalue weighted by Gasteiger charge is 2.15. The highest BCUT2D eigenvalue weighted by Crippen LogP contribution is 2.24. The lowest BCUT2D eigenvalue weighted by Crippen LogP contribution is -2.01. The Balaban J connectivity index is 2.70. The minimum absolute atomic E-state index is 0.393. The van der Waals surface area contributed by atoms with Crippen molar-refractivity contribution in [3.63, 3.8) is 0 Å². The molecule has 0 aromatic carbocycles. The van der Waals surface area contributed by atoms with Crippen molar-refractivity contribution in [2.24, 2.45) is 5.73 Å². The average Bonchev–Trinajstić information content (AvgIpc) is 2.66. The minimum Gasteiger partial charge on any atom is -0.326 e. The summed E-state index contributed by atoms with van der Waals surface area (Å²) in [5, 5.41) is 8.32. The highest BCUT2D eigenvalue weighted by atomic mass is 32.1. The molecule has 0 bridgehead atoms. The van der Waals surface area contributed by atoms with Gasteiger partial charge in [0.05, 0.1) is 0 Å². The topological polar surface area (TPSA) is 56.2 Å². The third kappa shape index (κ3) is 1.24. The minimum atomic E-state index is 0.393. The monoisotopic (exact) mass is 210 g/mol. The molecule has 2 aromatic rings. The second-order valence-electron chi connectivity index (χ2n) is 3.65. The zero-order valence-corrected chi connectivity index (χ0v) is 9.43. The summed E-state index contributed by atoms with van der Waals surface area (Å²) < 4.78 is 2.11. The number of thiazole rings is 1. The van der Waals surface area contributed by atoms with Crippen molar-refractivity contribution in [2.75, 3.05) is 0 Å². The Hall–Kier alpha value is -0.940. The number of hydrogen-bond donors (Lipinski definition) is 1. The van der Waals surface area contributed by atoms with Gasteiger partial charge in [0.15, 0.2) is 0 Å². The molecule has 0 spiro atoms. The molecule has 2 heterocycles. The van der Waals surface area contributed by atoms with Gasteiger partial charge >= 0.3 is 0 Å². The second kappa shape index (κ2) is 3.33. The Kier molecular flexibility index (Phi) is 2.28. The van der Waals surface area contributed by atoms with Crippen LogP contribution in [0.5, 0.6) is 0 Å². The Bertz CT molecular complexity index is 455. The van der Waals surface area contributed by atoms with Crippen LogP contribution in [0, 0.1) is 6.92 Å². The molecule has 0 aliphatic heterocycles. The van der Waals surface area contributed by atoms with Crippen molar-refractivity contribution in [1.29, 1.82) is 0 Å². The number of rotatable bonds is 2. The second-order valence-corrected chi connectivity index (χ2v) is 4.71. The molecule has 0 saturated heterocycles. The lowest BCUT2D eigenvalue weighted by atomic mass is 10.2. The van der Waals surface area contributed by atoms with Gasteiger partial charge in [0.25, 0.3) is 0 Å². The molecule has 4 nitrogen and oxygen atoms in total. The first kappa shape index (κ1) is 9.61. The summed E-state index contributed by atoms with van der Waals surface area (Å²) in [7, 11) is 0. The van der Waals surface area contributed by atoms with E-state index in [0.29, 0.717) is 12.5 Å². The van der Waals surface area contributed by atoms with Crippen molar-refractivity contribution in [3.05, 3.63) is 16.4 Å². The molecule has 2 aromatic heterocycles. The van der Waals surface area contributed by atoms with Crippen molar-refractivity contribution in [2.45, 2.75) is 33.2 Å². The van der Waals surface area contributed by atoms with Gasteiger partial charge in [0.2, 0.25) is 4.96 Å². The first-order valence-electron chi connectivity index (χ1n) is 4.68. The fraction of sp³-hybridized carbons (Fsp3) is 0.556. The maximum absolute atomic E-state index is 5.65. The Morgan fingerprint density at radius 3 is 2.71 bits per heavy atom. The fourth-order valence-corrected chi connectivity index (χ4v) is 2.48. The van der Waals surface area contributed by atoms with Crippen molar-refractivity contribution >= 4 is 16.3 Å². The van der Waals surface area contributed by atoms with E-state index >= 15 is 0 Å². The molecule has 0 radical (unpaired) electrons. The van der Waals surface area contributed by atoms with Gasteiger partial charge in [-0.2, -0.15) is 0 Å². The molecule has 0 aliphatic carbocycles. The van der Waals surface area contributed by atoms with Crippen LogP contribution in [-0.2, 0) is 6.54 Å². The fourth-order valence-electron chi connectivity index (χ4n) is 1.53. The van der Waals surface area contributed by atoms with Crippen LogP contribution < -0.4 is 5.73 Å². The number of nitrogens with two attached hydrogens (primary N) is 1. The van der Waals surface area contributed by atoms with Crippen LogP contribution in [0.1, 0.15) is 36.2 Å². The van der Waals surface area contributed by atoms with E-state index in [1.54, 1.807) is 11.3 Å². The molecular formula is C9H14N4S. The molecule has 76 valence electrons. The average molecular weight is 210 g/mol. The van der Waals surface area contributed by atoms with Crippen LogP contribution >= 0.6 is 11.3 Å². The number of nitrogens with zero attached hydrogens (tertiary/aromatic N) is 3. The van der Waals surface area contributed by atoms with Crippen molar-refractivity contribution in [1.82, 2.24) is 14.6 Å². The molecule has 0 fully saturated rings. The summed E-state index contributed by atoms with van der Waals surface area (Å²) in [5.41, 5.74) is 6.83. The van der Waals surface area contributed by atoms with Gasteiger partial charge in [-0.25, -0.2) is 0 Å². The molecule has 0 amide bonds. The van der Waals surface area contributed by atoms with Crippen molar-refractivity contribution in [3.8, 4) is 0 Å². The van der Waals surface area contributed by atoms with Crippen LogP contribution in [-0.4, -0.2) is 14.6 Å². The summed E-state index contributed by atoms with van der Waals surface area (Å²) >= 11 is 1.63. The van der Waals surface area contributed by atoms with Gasteiger partial charge < -0.3 is 5.73 Å². The first-order valence-corrected chi connectivity index (χ1v) is 5.50. The summed E-state index contributed by atoms with van der Waals surface area (Å²) in [5.74, 6) is 1.41. The van der Waals surface area contributed by atoms with Crippen LogP contribution in [0.4, 0.5) is 0 Å². The van der Waals surface area contributed by atoms with Crippen LogP contribution in [0.2, 0.25) is 0 Å². The number of fused-ring (bicyclic) bond motifs is 1. The Morgan fingerprint density at radius 1 is 1.43 bits per heavy atom. The normalized spacial score (nSPS) is 11.8. The molecule has 5 heteroatoms. The predicted octanol–water partition coefficient (Wildman–Crippen LogP) is 1.68. The van der Waals surface area contributed by atoms with Crippen LogP contribution in [0.3, 0.4) is 0 Å². The van der Waals surface area contributed by atoms with E-state index in [0.717, 1.165) is 10.8 Å². The number of hydrogen-bond acceptors (Lipinski definition) is 4. The van der Waals surface area contributed by atoms with E-state index in [1.165, 1.54) is 10.6 Å². The summed E-state index contributed by atoms with van der Waals surface area (Å²) in [6.45, 7) is 6.89.